The van der Waals surface area contributed by atoms with E-state index in [9.17, 15) is 4.79 Å². The maximum Gasteiger partial charge on any atom is 0.234 e. The first-order valence-corrected chi connectivity index (χ1v) is 11.1. The molecule has 0 spiro atoms. The second-order valence-electron chi connectivity index (χ2n) is 6.89. The van der Waals surface area contributed by atoms with Crippen LogP contribution in [-0.4, -0.2) is 31.2 Å². The predicted octanol–water partition coefficient (Wildman–Crippen LogP) is 4.26. The number of para-hydroxylation sites is 1. The van der Waals surface area contributed by atoms with E-state index in [2.05, 4.69) is 15.5 Å². The number of anilines is 1. The van der Waals surface area contributed by atoms with E-state index in [1.807, 2.05) is 41.7 Å². The van der Waals surface area contributed by atoms with E-state index in [1.54, 1.807) is 11.3 Å². The zero-order valence-corrected chi connectivity index (χ0v) is 17.1. The van der Waals surface area contributed by atoms with E-state index in [4.69, 9.17) is 4.98 Å². The average Bonchev–Trinajstić information content (AvgIpc) is 3.28. The number of fused-ring (bicyclic) bond motifs is 5. The lowest BCUT2D eigenvalue weighted by Gasteiger charge is -2.10. The molecule has 142 valence electrons. The Kier molecular flexibility index (Phi) is 4.52. The number of carbonyl (C=O) groups excluding carboxylic acids is 1. The number of benzene rings is 1. The van der Waals surface area contributed by atoms with Crippen LogP contribution >= 0.6 is 23.1 Å². The number of rotatable bonds is 4. The molecule has 0 aliphatic heterocycles. The van der Waals surface area contributed by atoms with Crippen LogP contribution in [0.4, 0.5) is 5.69 Å². The van der Waals surface area contributed by atoms with Crippen molar-refractivity contribution < 1.29 is 4.79 Å². The summed E-state index contributed by atoms with van der Waals surface area (Å²) in [6, 6.07) is 9.47. The van der Waals surface area contributed by atoms with E-state index in [-0.39, 0.29) is 11.7 Å². The van der Waals surface area contributed by atoms with Gasteiger partial charge in [0.15, 0.2) is 10.8 Å². The lowest BCUT2D eigenvalue weighted by molar-refractivity contribution is -0.113. The maximum atomic E-state index is 12.3. The van der Waals surface area contributed by atoms with Crippen LogP contribution in [0.2, 0.25) is 0 Å². The number of thiophene rings is 1. The van der Waals surface area contributed by atoms with Crippen LogP contribution in [0.15, 0.2) is 35.5 Å². The van der Waals surface area contributed by atoms with Crippen LogP contribution in [0, 0.1) is 6.92 Å². The van der Waals surface area contributed by atoms with Gasteiger partial charge in [0, 0.05) is 10.6 Å². The summed E-state index contributed by atoms with van der Waals surface area (Å²) in [5.41, 5.74) is 3.06. The van der Waals surface area contributed by atoms with Crippen molar-refractivity contribution in [3.63, 3.8) is 0 Å². The van der Waals surface area contributed by atoms with Gasteiger partial charge in [0.1, 0.15) is 10.7 Å². The van der Waals surface area contributed by atoms with Gasteiger partial charge in [0.25, 0.3) is 0 Å². The lowest BCUT2D eigenvalue weighted by atomic mass is 9.97. The summed E-state index contributed by atoms with van der Waals surface area (Å²) in [6.45, 7) is 1.97. The number of nitrogens with one attached hydrogen (secondary N) is 1. The third-order valence-corrected chi connectivity index (χ3v) is 7.10. The van der Waals surface area contributed by atoms with Gasteiger partial charge in [0.2, 0.25) is 5.91 Å². The smallest absolute Gasteiger partial charge is 0.234 e. The van der Waals surface area contributed by atoms with Gasteiger partial charge in [-0.05, 0) is 50.3 Å². The number of carbonyl (C=O) groups is 1. The molecule has 3 heterocycles. The Balaban J connectivity index is 1.45. The Labute approximate surface area is 170 Å². The van der Waals surface area contributed by atoms with Crippen molar-refractivity contribution >= 4 is 50.6 Å². The van der Waals surface area contributed by atoms with Crippen molar-refractivity contribution in [1.29, 1.82) is 0 Å². The van der Waals surface area contributed by atoms with E-state index in [1.165, 1.54) is 35.0 Å². The minimum atomic E-state index is -0.0625. The van der Waals surface area contributed by atoms with E-state index >= 15 is 0 Å². The third kappa shape index (κ3) is 3.06. The van der Waals surface area contributed by atoms with E-state index < -0.39 is 0 Å². The van der Waals surface area contributed by atoms with Gasteiger partial charge in [-0.15, -0.1) is 21.5 Å². The molecule has 1 amide bonds. The van der Waals surface area contributed by atoms with Crippen molar-refractivity contribution in [2.45, 2.75) is 37.8 Å². The molecule has 1 aliphatic rings. The van der Waals surface area contributed by atoms with Crippen LogP contribution in [0.5, 0.6) is 0 Å². The van der Waals surface area contributed by atoms with Gasteiger partial charge in [-0.3, -0.25) is 9.20 Å². The van der Waals surface area contributed by atoms with Crippen LogP contribution in [-0.2, 0) is 17.6 Å². The summed E-state index contributed by atoms with van der Waals surface area (Å²) in [5.74, 6) is 1.07. The van der Waals surface area contributed by atoms with Crippen molar-refractivity contribution in [2.24, 2.45) is 0 Å². The second-order valence-corrected chi connectivity index (χ2v) is 8.92. The minimum Gasteiger partial charge on any atom is -0.325 e. The molecular formula is C20H19N5OS2. The first-order chi connectivity index (χ1) is 13.7. The summed E-state index contributed by atoms with van der Waals surface area (Å²) < 4.78 is 1.99. The maximum absolute atomic E-state index is 12.3. The molecule has 4 aromatic rings. The molecule has 6 nitrogen and oxygen atoms in total. The number of nitrogens with zero attached hydrogens (tertiary/aromatic N) is 4. The number of hydrogen-bond acceptors (Lipinski definition) is 6. The largest absolute Gasteiger partial charge is 0.325 e. The summed E-state index contributed by atoms with van der Waals surface area (Å²) in [7, 11) is 0. The first-order valence-electron chi connectivity index (χ1n) is 9.34. The molecule has 0 fully saturated rings. The molecule has 0 atom stereocenters. The SMILES string of the molecule is Cc1nc2sc3c(c2c2nnc(SCC(=O)Nc4ccccc4)n12)CCCC3. The monoisotopic (exact) mass is 409 g/mol. The third-order valence-electron chi connectivity index (χ3n) is 4.99. The molecule has 0 unspecified atom stereocenters. The Bertz CT molecular complexity index is 1180. The van der Waals surface area contributed by atoms with Gasteiger partial charge in [-0.1, -0.05) is 30.0 Å². The highest BCUT2D eigenvalue weighted by atomic mass is 32.2. The normalized spacial score (nSPS) is 13.8. The van der Waals surface area contributed by atoms with Gasteiger partial charge in [-0.2, -0.15) is 0 Å². The number of aryl methyl sites for hydroxylation is 3. The van der Waals surface area contributed by atoms with Crippen LogP contribution in [0.25, 0.3) is 15.9 Å². The highest BCUT2D eigenvalue weighted by Gasteiger charge is 2.22. The Morgan fingerprint density at radius 1 is 1.21 bits per heavy atom. The van der Waals surface area contributed by atoms with E-state index in [0.717, 1.165) is 40.2 Å². The Morgan fingerprint density at radius 3 is 2.89 bits per heavy atom. The predicted molar refractivity (Wildman–Crippen MR) is 113 cm³/mol. The van der Waals surface area contributed by atoms with Crippen molar-refractivity contribution in [3.8, 4) is 0 Å². The summed E-state index contributed by atoms with van der Waals surface area (Å²) in [5, 5.41) is 13.6. The molecule has 0 saturated carbocycles. The van der Waals surface area contributed by atoms with Crippen molar-refractivity contribution in [2.75, 3.05) is 11.1 Å². The summed E-state index contributed by atoms with van der Waals surface area (Å²) in [4.78, 5) is 19.6. The molecule has 0 radical (unpaired) electrons. The van der Waals surface area contributed by atoms with Crippen molar-refractivity contribution in [3.05, 3.63) is 46.6 Å². The quantitative estimate of drug-likeness (QED) is 0.510. The lowest BCUT2D eigenvalue weighted by Crippen LogP contribution is -2.14. The highest BCUT2D eigenvalue weighted by Crippen LogP contribution is 2.38. The van der Waals surface area contributed by atoms with Gasteiger partial charge in [-0.25, -0.2) is 4.98 Å². The van der Waals surface area contributed by atoms with Gasteiger partial charge in [0.05, 0.1) is 11.1 Å². The van der Waals surface area contributed by atoms with Gasteiger partial charge >= 0.3 is 0 Å². The molecule has 1 N–H and O–H groups in total. The Morgan fingerprint density at radius 2 is 2.04 bits per heavy atom. The summed E-state index contributed by atoms with van der Waals surface area (Å²) >= 11 is 3.18. The zero-order valence-electron chi connectivity index (χ0n) is 15.4. The van der Waals surface area contributed by atoms with Crippen molar-refractivity contribution in [1.82, 2.24) is 19.6 Å². The molecule has 1 aliphatic carbocycles. The van der Waals surface area contributed by atoms with E-state index in [0.29, 0.717) is 5.16 Å². The fraction of sp³-hybridized carbons (Fsp3) is 0.300. The molecule has 0 saturated heterocycles. The Hall–Kier alpha value is -2.45. The molecular weight excluding hydrogens is 390 g/mol. The van der Waals surface area contributed by atoms with Crippen LogP contribution < -0.4 is 5.32 Å². The molecule has 5 rings (SSSR count). The number of hydrogen-bond donors (Lipinski definition) is 1. The zero-order chi connectivity index (χ0) is 19.1. The van der Waals surface area contributed by atoms with Crippen LogP contribution in [0.1, 0.15) is 29.1 Å². The standard InChI is InChI=1S/C20H19N5OS2/c1-12-21-19-17(14-9-5-6-10-15(14)28-19)18-23-24-20(25(12)18)27-11-16(26)22-13-7-3-2-4-8-13/h2-4,7-8H,5-6,9-11H2,1H3,(H,22,26). The number of aromatic nitrogens is 4. The number of amides is 1. The first kappa shape index (κ1) is 17.6. The topological polar surface area (TPSA) is 72.2 Å². The van der Waals surface area contributed by atoms with Crippen LogP contribution in [0.3, 0.4) is 0 Å². The molecule has 1 aromatic carbocycles. The second kappa shape index (κ2) is 7.18. The molecule has 28 heavy (non-hydrogen) atoms. The van der Waals surface area contributed by atoms with Gasteiger partial charge < -0.3 is 5.32 Å². The number of thioether (sulfide) groups is 1. The fourth-order valence-corrected chi connectivity index (χ4v) is 5.80. The fourth-order valence-electron chi connectivity index (χ4n) is 3.72. The highest BCUT2D eigenvalue weighted by molar-refractivity contribution is 7.99. The molecule has 8 heteroatoms. The average molecular weight is 410 g/mol. The molecule has 3 aromatic heterocycles. The minimum absolute atomic E-state index is 0.0625. The molecule has 0 bridgehead atoms. The summed E-state index contributed by atoms with van der Waals surface area (Å²) in [6.07, 6.45) is 4.69.